The predicted octanol–water partition coefficient (Wildman–Crippen LogP) is 1.06. The first-order valence-electron chi connectivity index (χ1n) is 4.56. The van der Waals surface area contributed by atoms with E-state index in [-0.39, 0.29) is 6.61 Å². The molecule has 4 nitrogen and oxygen atoms in total. The average Bonchev–Trinajstić information content (AvgIpc) is 2.19. The summed E-state index contributed by atoms with van der Waals surface area (Å²) in [5.41, 5.74) is -1.12. The van der Waals surface area contributed by atoms with Crippen molar-refractivity contribution in [2.45, 2.75) is 19.8 Å². The summed E-state index contributed by atoms with van der Waals surface area (Å²) in [5, 5.41) is 0. The van der Waals surface area contributed by atoms with Crippen molar-refractivity contribution in [3.8, 4) is 0 Å². The van der Waals surface area contributed by atoms with Gasteiger partial charge in [0.15, 0.2) is 5.41 Å². The summed E-state index contributed by atoms with van der Waals surface area (Å²) < 4.78 is 9.68. The molecule has 1 saturated heterocycles. The molecule has 0 bridgehead atoms. The number of carbonyl (C=O) groups excluding carboxylic acids is 2. The summed E-state index contributed by atoms with van der Waals surface area (Å²) >= 11 is 0. The molecule has 1 aliphatic rings. The molecular weight excluding hydrogens is 184 g/mol. The van der Waals surface area contributed by atoms with E-state index in [1.165, 1.54) is 6.08 Å². The Hall–Kier alpha value is -1.32. The smallest absolute Gasteiger partial charge is 0.323 e. The molecule has 0 spiro atoms. The zero-order chi connectivity index (χ0) is 10.6. The molecule has 0 aromatic heterocycles. The second-order valence-corrected chi connectivity index (χ2v) is 3.46. The summed E-state index contributed by atoms with van der Waals surface area (Å²) in [5.74, 6) is -1.01. The summed E-state index contributed by atoms with van der Waals surface area (Å²) in [7, 11) is 0. The molecule has 1 atom stereocenters. The molecule has 0 saturated carbocycles. The van der Waals surface area contributed by atoms with E-state index in [4.69, 9.17) is 9.47 Å². The van der Waals surface area contributed by atoms with Crippen LogP contribution in [-0.2, 0) is 19.1 Å². The molecule has 1 unspecified atom stereocenters. The van der Waals surface area contributed by atoms with Crippen LogP contribution in [0.5, 0.6) is 0 Å². The molecule has 1 fully saturated rings. The molecular formula is C10H14O4. The van der Waals surface area contributed by atoms with Crippen LogP contribution in [-0.4, -0.2) is 25.2 Å². The third-order valence-corrected chi connectivity index (χ3v) is 2.29. The first-order chi connectivity index (χ1) is 6.61. The van der Waals surface area contributed by atoms with Crippen LogP contribution in [0.15, 0.2) is 12.7 Å². The summed E-state index contributed by atoms with van der Waals surface area (Å²) in [6, 6.07) is 0. The lowest BCUT2D eigenvalue weighted by Gasteiger charge is -2.28. The highest BCUT2D eigenvalue weighted by Gasteiger charge is 2.45. The molecule has 1 rings (SSSR count). The van der Waals surface area contributed by atoms with E-state index in [0.29, 0.717) is 19.4 Å². The SMILES string of the molecule is C=CCOC(=O)C1(C)CCCOC1=O. The zero-order valence-corrected chi connectivity index (χ0v) is 8.25. The monoisotopic (exact) mass is 198 g/mol. The number of hydrogen-bond donors (Lipinski definition) is 0. The molecule has 14 heavy (non-hydrogen) atoms. The Morgan fingerprint density at radius 3 is 3.07 bits per heavy atom. The summed E-state index contributed by atoms with van der Waals surface area (Å²) in [6.45, 7) is 5.50. The molecule has 0 radical (unpaired) electrons. The van der Waals surface area contributed by atoms with Gasteiger partial charge in [-0.15, -0.1) is 0 Å². The van der Waals surface area contributed by atoms with Crippen molar-refractivity contribution in [2.75, 3.05) is 13.2 Å². The van der Waals surface area contributed by atoms with E-state index in [2.05, 4.69) is 6.58 Å². The number of hydrogen-bond acceptors (Lipinski definition) is 4. The lowest BCUT2D eigenvalue weighted by molar-refractivity contribution is -0.175. The van der Waals surface area contributed by atoms with Crippen LogP contribution in [0, 0.1) is 5.41 Å². The minimum Gasteiger partial charge on any atom is -0.465 e. The number of cyclic esters (lactones) is 1. The van der Waals surface area contributed by atoms with Crippen LogP contribution in [0.1, 0.15) is 19.8 Å². The Kier molecular flexibility index (Phi) is 3.28. The highest BCUT2D eigenvalue weighted by Crippen LogP contribution is 2.30. The Labute approximate surface area is 82.9 Å². The maximum absolute atomic E-state index is 11.5. The topological polar surface area (TPSA) is 52.6 Å². The largest absolute Gasteiger partial charge is 0.465 e. The standard InChI is InChI=1S/C10H14O4/c1-3-6-13-8(11)10(2)5-4-7-14-9(10)12/h3H,1,4-7H2,2H3. The summed E-state index contributed by atoms with van der Waals surface area (Å²) in [4.78, 5) is 22.9. The summed E-state index contributed by atoms with van der Waals surface area (Å²) in [6.07, 6.45) is 2.66. The van der Waals surface area contributed by atoms with Gasteiger partial charge in [-0.25, -0.2) is 0 Å². The highest BCUT2D eigenvalue weighted by molar-refractivity contribution is 5.99. The van der Waals surface area contributed by atoms with Crippen LogP contribution >= 0.6 is 0 Å². The molecule has 4 heteroatoms. The van der Waals surface area contributed by atoms with Gasteiger partial charge < -0.3 is 9.47 Å². The van der Waals surface area contributed by atoms with Gasteiger partial charge in [-0.05, 0) is 19.8 Å². The van der Waals surface area contributed by atoms with Crippen molar-refractivity contribution < 1.29 is 19.1 Å². The Morgan fingerprint density at radius 1 is 1.79 bits per heavy atom. The van der Waals surface area contributed by atoms with Gasteiger partial charge in [-0.2, -0.15) is 0 Å². The fourth-order valence-corrected chi connectivity index (χ4v) is 1.33. The minimum atomic E-state index is -1.12. The maximum Gasteiger partial charge on any atom is 0.323 e. The maximum atomic E-state index is 11.5. The van der Waals surface area contributed by atoms with Crippen LogP contribution < -0.4 is 0 Å². The highest BCUT2D eigenvalue weighted by atomic mass is 16.6. The molecule has 1 aliphatic heterocycles. The van der Waals surface area contributed by atoms with Crippen LogP contribution in [0.3, 0.4) is 0 Å². The van der Waals surface area contributed by atoms with Crippen molar-refractivity contribution in [2.24, 2.45) is 5.41 Å². The van der Waals surface area contributed by atoms with Gasteiger partial charge >= 0.3 is 11.9 Å². The molecule has 0 amide bonds. The third-order valence-electron chi connectivity index (χ3n) is 2.29. The average molecular weight is 198 g/mol. The fourth-order valence-electron chi connectivity index (χ4n) is 1.33. The van der Waals surface area contributed by atoms with Gasteiger partial charge in [0.25, 0.3) is 0 Å². The van der Waals surface area contributed by atoms with E-state index >= 15 is 0 Å². The Balaban J connectivity index is 2.66. The number of rotatable bonds is 3. The van der Waals surface area contributed by atoms with Gasteiger partial charge in [0.05, 0.1) is 6.61 Å². The molecule has 0 aliphatic carbocycles. The molecule has 0 aromatic carbocycles. The van der Waals surface area contributed by atoms with Crippen LogP contribution in [0.2, 0.25) is 0 Å². The van der Waals surface area contributed by atoms with Crippen molar-refractivity contribution in [1.29, 1.82) is 0 Å². The Bertz CT molecular complexity index is 259. The quantitative estimate of drug-likeness (QED) is 0.386. The van der Waals surface area contributed by atoms with Crippen molar-refractivity contribution in [3.63, 3.8) is 0 Å². The molecule has 1 heterocycles. The first-order valence-corrected chi connectivity index (χ1v) is 4.56. The first kappa shape index (κ1) is 10.8. The van der Waals surface area contributed by atoms with Gasteiger partial charge in [0.1, 0.15) is 6.61 Å². The van der Waals surface area contributed by atoms with Crippen LogP contribution in [0.25, 0.3) is 0 Å². The van der Waals surface area contributed by atoms with E-state index in [0.717, 1.165) is 0 Å². The molecule has 78 valence electrons. The molecule has 0 N–H and O–H groups in total. The lowest BCUT2D eigenvalue weighted by atomic mass is 9.84. The number of esters is 2. The van der Waals surface area contributed by atoms with E-state index < -0.39 is 17.4 Å². The number of carbonyl (C=O) groups is 2. The van der Waals surface area contributed by atoms with Crippen molar-refractivity contribution in [3.05, 3.63) is 12.7 Å². The van der Waals surface area contributed by atoms with Crippen molar-refractivity contribution in [1.82, 2.24) is 0 Å². The van der Waals surface area contributed by atoms with Gasteiger partial charge in [0.2, 0.25) is 0 Å². The van der Waals surface area contributed by atoms with E-state index in [1.807, 2.05) is 0 Å². The lowest BCUT2D eigenvalue weighted by Crippen LogP contribution is -2.42. The number of ether oxygens (including phenoxy) is 2. The Morgan fingerprint density at radius 2 is 2.50 bits per heavy atom. The predicted molar refractivity (Wildman–Crippen MR) is 49.5 cm³/mol. The van der Waals surface area contributed by atoms with E-state index in [9.17, 15) is 9.59 Å². The fraction of sp³-hybridized carbons (Fsp3) is 0.600. The van der Waals surface area contributed by atoms with E-state index in [1.54, 1.807) is 6.92 Å². The minimum absolute atomic E-state index is 0.127. The third kappa shape index (κ3) is 1.95. The molecule has 0 aromatic rings. The second kappa shape index (κ2) is 4.26. The van der Waals surface area contributed by atoms with Gasteiger partial charge in [0, 0.05) is 0 Å². The van der Waals surface area contributed by atoms with Gasteiger partial charge in [-0.3, -0.25) is 9.59 Å². The zero-order valence-electron chi connectivity index (χ0n) is 8.25. The van der Waals surface area contributed by atoms with Crippen molar-refractivity contribution >= 4 is 11.9 Å². The van der Waals surface area contributed by atoms with Gasteiger partial charge in [-0.1, -0.05) is 12.7 Å². The van der Waals surface area contributed by atoms with Crippen LogP contribution in [0.4, 0.5) is 0 Å². The normalized spacial score (nSPS) is 26.5. The second-order valence-electron chi connectivity index (χ2n) is 3.46.